The molecule has 0 atom stereocenters. The number of carbonyl (C=O) groups excluding carboxylic acids is 1. The number of hydrogen-bond acceptors (Lipinski definition) is 3. The summed E-state index contributed by atoms with van der Waals surface area (Å²) >= 11 is 0. The zero-order chi connectivity index (χ0) is 17.9. The van der Waals surface area contributed by atoms with Crippen LogP contribution in [0.2, 0.25) is 0 Å². The van der Waals surface area contributed by atoms with Crippen LogP contribution < -0.4 is 4.74 Å². The molecule has 1 aromatic heterocycles. The predicted molar refractivity (Wildman–Crippen MR) is 99.5 cm³/mol. The molecular formula is C20H24N2O3. The zero-order valence-electron chi connectivity index (χ0n) is 14.9. The van der Waals surface area contributed by atoms with Crippen molar-refractivity contribution < 1.29 is 14.4 Å². The number of H-pyrrole nitrogens is 1. The quantitative estimate of drug-likeness (QED) is 0.397. The molecule has 0 radical (unpaired) electrons. The highest BCUT2D eigenvalue weighted by molar-refractivity contribution is 6.07. The van der Waals surface area contributed by atoms with E-state index >= 15 is 0 Å². The number of aromatic amines is 1. The van der Waals surface area contributed by atoms with E-state index in [4.69, 9.17) is 9.57 Å². The van der Waals surface area contributed by atoms with Gasteiger partial charge in [-0.05, 0) is 39.0 Å². The van der Waals surface area contributed by atoms with Gasteiger partial charge in [-0.2, -0.15) is 0 Å². The van der Waals surface area contributed by atoms with Crippen molar-refractivity contribution in [2.45, 2.75) is 32.8 Å². The van der Waals surface area contributed by atoms with Gasteiger partial charge in [0, 0.05) is 28.8 Å². The molecule has 0 unspecified atom stereocenters. The van der Waals surface area contributed by atoms with Gasteiger partial charge in [-0.25, -0.2) is 5.06 Å². The van der Waals surface area contributed by atoms with Crippen LogP contribution in [0.25, 0.3) is 21.8 Å². The molecule has 0 spiro atoms. The number of aromatic nitrogens is 1. The van der Waals surface area contributed by atoms with Crippen molar-refractivity contribution in [2.24, 2.45) is 0 Å². The Hall–Kier alpha value is -2.53. The number of benzene rings is 2. The molecule has 1 heterocycles. The number of hydroxylamine groups is 2. The van der Waals surface area contributed by atoms with Crippen molar-refractivity contribution in [2.75, 3.05) is 13.2 Å². The number of hydrogen-bond donors (Lipinski definition) is 1. The Bertz CT molecular complexity index is 864. The van der Waals surface area contributed by atoms with E-state index in [1.807, 2.05) is 45.0 Å². The van der Waals surface area contributed by atoms with Crippen molar-refractivity contribution >= 4 is 28.2 Å². The van der Waals surface area contributed by atoms with Crippen molar-refractivity contribution in [3.63, 3.8) is 0 Å². The summed E-state index contributed by atoms with van der Waals surface area (Å²) in [6.07, 6.45) is 1.40. The van der Waals surface area contributed by atoms with Gasteiger partial charge in [-0.3, -0.25) is 9.63 Å². The third-order valence-electron chi connectivity index (χ3n) is 3.78. The summed E-state index contributed by atoms with van der Waals surface area (Å²) in [7, 11) is 0. The molecule has 0 bridgehead atoms. The number of nitrogens with zero attached hydrogens (tertiary/aromatic N) is 1. The van der Waals surface area contributed by atoms with E-state index in [-0.39, 0.29) is 5.60 Å². The molecule has 0 saturated heterocycles. The van der Waals surface area contributed by atoms with Crippen LogP contribution in [-0.4, -0.2) is 35.2 Å². The number of fused-ring (bicyclic) bond motifs is 3. The fourth-order valence-electron chi connectivity index (χ4n) is 2.81. The Morgan fingerprint density at radius 2 is 1.84 bits per heavy atom. The molecule has 0 aliphatic heterocycles. The first-order valence-corrected chi connectivity index (χ1v) is 8.51. The fraction of sp³-hybridized carbons (Fsp3) is 0.350. The van der Waals surface area contributed by atoms with E-state index in [1.165, 1.54) is 15.8 Å². The molecule has 5 heteroatoms. The molecular weight excluding hydrogens is 316 g/mol. The number of rotatable bonds is 7. The number of ether oxygens (including phenoxy) is 1. The Balaban J connectivity index is 1.58. The molecule has 132 valence electrons. The average Bonchev–Trinajstić information content (AvgIpc) is 2.94. The maximum absolute atomic E-state index is 11.0. The molecule has 0 saturated carbocycles. The minimum Gasteiger partial charge on any atom is -0.493 e. The van der Waals surface area contributed by atoms with Crippen molar-refractivity contribution in [1.29, 1.82) is 0 Å². The van der Waals surface area contributed by atoms with Crippen molar-refractivity contribution in [3.8, 4) is 5.75 Å². The second-order valence-corrected chi connectivity index (χ2v) is 7.03. The van der Waals surface area contributed by atoms with Gasteiger partial charge in [0.2, 0.25) is 6.41 Å². The van der Waals surface area contributed by atoms with Gasteiger partial charge >= 0.3 is 0 Å². The number of nitrogens with one attached hydrogen (secondary N) is 1. The molecule has 3 rings (SSSR count). The van der Waals surface area contributed by atoms with Gasteiger partial charge in [-0.1, -0.05) is 18.2 Å². The number of carbonyl (C=O) groups is 1. The monoisotopic (exact) mass is 340 g/mol. The van der Waals surface area contributed by atoms with E-state index in [0.29, 0.717) is 26.0 Å². The van der Waals surface area contributed by atoms with Gasteiger partial charge in [-0.15, -0.1) is 0 Å². The molecule has 1 N–H and O–H groups in total. The molecule has 5 nitrogen and oxygen atoms in total. The molecule has 25 heavy (non-hydrogen) atoms. The SMILES string of the molecule is CC(C)(C)ON(C=O)CCCOc1ccc2c(c1)[nH]c1ccccc12. The average molecular weight is 340 g/mol. The maximum Gasteiger partial charge on any atom is 0.233 e. The Morgan fingerprint density at radius 1 is 1.08 bits per heavy atom. The van der Waals surface area contributed by atoms with Crippen LogP contribution in [0.3, 0.4) is 0 Å². The zero-order valence-corrected chi connectivity index (χ0v) is 14.9. The van der Waals surface area contributed by atoms with Crippen LogP contribution >= 0.6 is 0 Å². The summed E-state index contributed by atoms with van der Waals surface area (Å²) in [6, 6.07) is 14.3. The lowest BCUT2D eigenvalue weighted by molar-refractivity contribution is -0.216. The third-order valence-corrected chi connectivity index (χ3v) is 3.78. The highest BCUT2D eigenvalue weighted by atomic mass is 16.7. The molecule has 0 aliphatic rings. The van der Waals surface area contributed by atoms with Gasteiger partial charge in [0.25, 0.3) is 0 Å². The first-order valence-electron chi connectivity index (χ1n) is 8.51. The third kappa shape index (κ3) is 4.31. The van der Waals surface area contributed by atoms with Crippen LogP contribution in [0.15, 0.2) is 42.5 Å². The summed E-state index contributed by atoms with van der Waals surface area (Å²) in [5.41, 5.74) is 1.79. The summed E-state index contributed by atoms with van der Waals surface area (Å²) in [6.45, 7) is 6.75. The summed E-state index contributed by atoms with van der Waals surface area (Å²) in [4.78, 5) is 20.0. The van der Waals surface area contributed by atoms with E-state index in [0.717, 1.165) is 16.8 Å². The minimum atomic E-state index is -0.386. The first-order chi connectivity index (χ1) is 12.0. The van der Waals surface area contributed by atoms with E-state index in [9.17, 15) is 4.79 Å². The number of amides is 1. The van der Waals surface area contributed by atoms with E-state index in [2.05, 4.69) is 23.2 Å². The largest absolute Gasteiger partial charge is 0.493 e. The second-order valence-electron chi connectivity index (χ2n) is 7.03. The molecule has 0 fully saturated rings. The lowest BCUT2D eigenvalue weighted by Crippen LogP contribution is -2.34. The molecule has 3 aromatic rings. The highest BCUT2D eigenvalue weighted by Gasteiger charge is 2.15. The summed E-state index contributed by atoms with van der Waals surface area (Å²) < 4.78 is 5.82. The normalized spacial score (nSPS) is 11.8. The van der Waals surface area contributed by atoms with Gasteiger partial charge in [0.15, 0.2) is 0 Å². The predicted octanol–water partition coefficient (Wildman–Crippen LogP) is 4.28. The summed E-state index contributed by atoms with van der Waals surface area (Å²) in [5.74, 6) is 0.813. The van der Waals surface area contributed by atoms with Crippen LogP contribution in [-0.2, 0) is 9.63 Å². The minimum absolute atomic E-state index is 0.386. The lowest BCUT2D eigenvalue weighted by Gasteiger charge is -2.26. The van der Waals surface area contributed by atoms with Gasteiger partial charge in [0.1, 0.15) is 5.75 Å². The molecule has 0 aliphatic carbocycles. The smallest absolute Gasteiger partial charge is 0.233 e. The highest BCUT2D eigenvalue weighted by Crippen LogP contribution is 2.28. The maximum atomic E-state index is 11.0. The topological polar surface area (TPSA) is 54.6 Å². The molecule has 1 amide bonds. The Kier molecular flexibility index (Phi) is 4.95. The number of para-hydroxylation sites is 1. The van der Waals surface area contributed by atoms with E-state index < -0.39 is 0 Å². The van der Waals surface area contributed by atoms with Crippen LogP contribution in [0.1, 0.15) is 27.2 Å². The first kappa shape index (κ1) is 17.3. The second kappa shape index (κ2) is 7.15. The van der Waals surface area contributed by atoms with Crippen LogP contribution in [0.4, 0.5) is 0 Å². The standard InChI is InChI=1S/C20H24N2O3/c1-20(2,3)25-22(14-23)11-6-12-24-15-9-10-17-16-7-4-5-8-18(16)21-19(17)13-15/h4-5,7-10,13-14,21H,6,11-12H2,1-3H3. The van der Waals surface area contributed by atoms with Gasteiger partial charge < -0.3 is 9.72 Å². The Labute approximate surface area is 147 Å². The van der Waals surface area contributed by atoms with Crippen LogP contribution in [0, 0.1) is 0 Å². The lowest BCUT2D eigenvalue weighted by atomic mass is 10.1. The van der Waals surface area contributed by atoms with Crippen LogP contribution in [0.5, 0.6) is 5.75 Å². The van der Waals surface area contributed by atoms with Crippen molar-refractivity contribution in [1.82, 2.24) is 10.0 Å². The summed E-state index contributed by atoms with van der Waals surface area (Å²) in [5, 5.41) is 3.73. The van der Waals surface area contributed by atoms with Gasteiger partial charge in [0.05, 0.1) is 24.3 Å². The van der Waals surface area contributed by atoms with Crippen molar-refractivity contribution in [3.05, 3.63) is 42.5 Å². The molecule has 2 aromatic carbocycles. The van der Waals surface area contributed by atoms with E-state index in [1.54, 1.807) is 0 Å². The Morgan fingerprint density at radius 3 is 2.60 bits per heavy atom. The fourth-order valence-corrected chi connectivity index (χ4v) is 2.81.